The topological polar surface area (TPSA) is 95.5 Å². The highest BCUT2D eigenvalue weighted by molar-refractivity contribution is 7.99. The predicted molar refractivity (Wildman–Crippen MR) is 145 cm³/mol. The normalized spacial score (nSPS) is 29.0. The number of anilines is 1. The molecular formula is C28H33N5O3S. The first-order valence-corrected chi connectivity index (χ1v) is 14.6. The summed E-state index contributed by atoms with van der Waals surface area (Å²) in [5.41, 5.74) is 9.12. The van der Waals surface area contributed by atoms with E-state index >= 15 is 0 Å². The Labute approximate surface area is 220 Å². The molecule has 4 aliphatic rings. The molecule has 1 amide bonds. The number of nitrogens with two attached hydrogens (primary N) is 1. The number of carbonyl (C=O) groups excluding carboxylic acids is 1. The fraction of sp³-hybridized carbons (Fsp3) is 0.536. The van der Waals surface area contributed by atoms with Crippen molar-refractivity contribution in [2.24, 2.45) is 5.92 Å². The summed E-state index contributed by atoms with van der Waals surface area (Å²) in [6.45, 7) is 2.34. The summed E-state index contributed by atoms with van der Waals surface area (Å²) in [6, 6.07) is 8.41. The van der Waals surface area contributed by atoms with Gasteiger partial charge in [-0.1, -0.05) is 12.1 Å². The van der Waals surface area contributed by atoms with Crippen molar-refractivity contribution in [1.29, 1.82) is 0 Å². The molecule has 0 atom stereocenters. The van der Waals surface area contributed by atoms with E-state index in [2.05, 4.69) is 32.9 Å². The van der Waals surface area contributed by atoms with Crippen molar-refractivity contribution >= 4 is 34.5 Å². The molecule has 0 unspecified atom stereocenters. The van der Waals surface area contributed by atoms with E-state index in [1.54, 1.807) is 0 Å². The third-order valence-corrected chi connectivity index (χ3v) is 9.67. The lowest BCUT2D eigenvalue weighted by atomic mass is 9.79. The zero-order valence-electron chi connectivity index (χ0n) is 21.0. The second-order valence-electron chi connectivity index (χ2n) is 11.0. The molecular weight excluding hydrogens is 486 g/mol. The van der Waals surface area contributed by atoms with Gasteiger partial charge in [0.25, 0.3) is 0 Å². The molecule has 2 bridgehead atoms. The SMILES string of the molecule is Nc1ncnc2c1c(-c1cccc(OCC34CCC(CC3)O4)c1)cn2C1CC(C(=O)N2CCSCC2)C1. The Morgan fingerprint density at radius 2 is 2.00 bits per heavy atom. The number of hydrogen-bond donors (Lipinski definition) is 1. The van der Waals surface area contributed by atoms with E-state index in [1.165, 1.54) is 6.33 Å². The van der Waals surface area contributed by atoms with E-state index in [9.17, 15) is 4.79 Å². The minimum Gasteiger partial charge on any atom is -0.491 e. The fourth-order valence-electron chi connectivity index (χ4n) is 6.52. The molecule has 2 aromatic heterocycles. The molecule has 1 saturated carbocycles. The molecule has 37 heavy (non-hydrogen) atoms. The van der Waals surface area contributed by atoms with Crippen LogP contribution in [0.2, 0.25) is 0 Å². The van der Waals surface area contributed by atoms with Crippen LogP contribution in [0.5, 0.6) is 5.75 Å². The first-order valence-electron chi connectivity index (χ1n) is 13.5. The van der Waals surface area contributed by atoms with Gasteiger partial charge >= 0.3 is 0 Å². The molecule has 194 valence electrons. The first kappa shape index (κ1) is 23.3. The van der Waals surface area contributed by atoms with Crippen LogP contribution >= 0.6 is 11.8 Å². The summed E-state index contributed by atoms with van der Waals surface area (Å²) in [7, 11) is 0. The van der Waals surface area contributed by atoms with Crippen molar-refractivity contribution in [3.63, 3.8) is 0 Å². The number of hydrogen-bond acceptors (Lipinski definition) is 7. The minimum atomic E-state index is -0.111. The van der Waals surface area contributed by atoms with Crippen molar-refractivity contribution in [3.05, 3.63) is 36.8 Å². The largest absolute Gasteiger partial charge is 0.491 e. The number of amides is 1. The third-order valence-electron chi connectivity index (χ3n) is 8.72. The summed E-state index contributed by atoms with van der Waals surface area (Å²) < 4.78 is 14.7. The van der Waals surface area contributed by atoms with Crippen LogP contribution in [0.1, 0.15) is 44.6 Å². The van der Waals surface area contributed by atoms with Gasteiger partial charge in [0.2, 0.25) is 5.91 Å². The van der Waals surface area contributed by atoms with Gasteiger partial charge in [-0.05, 0) is 56.2 Å². The second kappa shape index (κ2) is 9.20. The van der Waals surface area contributed by atoms with Crippen molar-refractivity contribution in [2.45, 2.75) is 56.3 Å². The monoisotopic (exact) mass is 519 g/mol. The smallest absolute Gasteiger partial charge is 0.225 e. The second-order valence-corrected chi connectivity index (χ2v) is 12.2. The van der Waals surface area contributed by atoms with Gasteiger partial charge in [-0.15, -0.1) is 0 Å². The summed E-state index contributed by atoms with van der Waals surface area (Å²) in [6.07, 6.45) is 10.2. The van der Waals surface area contributed by atoms with Crippen LogP contribution in [0.15, 0.2) is 36.8 Å². The molecule has 0 radical (unpaired) electrons. The maximum absolute atomic E-state index is 13.0. The number of rotatable bonds is 6. The highest BCUT2D eigenvalue weighted by Gasteiger charge is 2.46. The molecule has 8 nitrogen and oxygen atoms in total. The zero-order valence-corrected chi connectivity index (χ0v) is 21.8. The quantitative estimate of drug-likeness (QED) is 0.519. The van der Waals surface area contributed by atoms with Crippen LogP contribution in [-0.4, -0.2) is 68.2 Å². The molecule has 9 heteroatoms. The Balaban J connectivity index is 1.13. The predicted octanol–water partition coefficient (Wildman–Crippen LogP) is 4.30. The van der Waals surface area contributed by atoms with Gasteiger partial charge in [0.05, 0.1) is 11.5 Å². The standard InChI is InChI=1S/C28H33N5O3S/c29-25-24-23(18-2-1-3-22(14-18)35-16-28-6-4-21(36-28)5-7-28)15-33(26(24)31-17-30-25)20-12-19(13-20)27(34)32-8-10-37-11-9-32/h1-3,14-15,17,19-21H,4-13,16H2,(H2,29,30,31). The molecule has 0 spiro atoms. The van der Waals surface area contributed by atoms with Crippen LogP contribution in [0.3, 0.4) is 0 Å². The number of fused-ring (bicyclic) bond motifs is 3. The molecule has 3 saturated heterocycles. The van der Waals surface area contributed by atoms with Gasteiger partial charge in [0.15, 0.2) is 0 Å². The van der Waals surface area contributed by atoms with Crippen LogP contribution in [0.4, 0.5) is 5.82 Å². The molecule has 1 aliphatic carbocycles. The van der Waals surface area contributed by atoms with Gasteiger partial charge in [-0.25, -0.2) is 9.97 Å². The lowest BCUT2D eigenvalue weighted by Gasteiger charge is -2.39. The van der Waals surface area contributed by atoms with Gasteiger partial charge in [0.1, 0.15) is 35.7 Å². The van der Waals surface area contributed by atoms with E-state index < -0.39 is 0 Å². The van der Waals surface area contributed by atoms with Gasteiger partial charge in [-0.3, -0.25) is 4.79 Å². The number of nitrogens with zero attached hydrogens (tertiary/aromatic N) is 4. The van der Waals surface area contributed by atoms with Crippen molar-refractivity contribution in [1.82, 2.24) is 19.4 Å². The van der Waals surface area contributed by atoms with Gasteiger partial charge in [0, 0.05) is 48.3 Å². The Morgan fingerprint density at radius 3 is 2.76 bits per heavy atom. The van der Waals surface area contributed by atoms with E-state index in [1.807, 2.05) is 28.8 Å². The van der Waals surface area contributed by atoms with E-state index in [0.29, 0.717) is 24.4 Å². The van der Waals surface area contributed by atoms with Crippen molar-refractivity contribution < 1.29 is 14.3 Å². The highest BCUT2D eigenvalue weighted by atomic mass is 32.2. The molecule has 2 N–H and O–H groups in total. The van der Waals surface area contributed by atoms with Crippen LogP contribution < -0.4 is 10.5 Å². The molecule has 3 aromatic rings. The zero-order chi connectivity index (χ0) is 25.0. The molecule has 1 aromatic carbocycles. The summed E-state index contributed by atoms with van der Waals surface area (Å²) in [5, 5.41) is 0.860. The summed E-state index contributed by atoms with van der Waals surface area (Å²) >= 11 is 1.93. The molecule has 3 aliphatic heterocycles. The number of nitrogen functional groups attached to an aromatic ring is 1. The molecule has 7 rings (SSSR count). The number of benzene rings is 1. The van der Waals surface area contributed by atoms with Gasteiger partial charge < -0.3 is 24.7 Å². The van der Waals surface area contributed by atoms with Crippen LogP contribution in [0, 0.1) is 5.92 Å². The third kappa shape index (κ3) is 4.16. The summed E-state index contributed by atoms with van der Waals surface area (Å²) in [5.74, 6) is 3.79. The average Bonchev–Trinajstić information content (AvgIpc) is 3.62. The maximum Gasteiger partial charge on any atom is 0.225 e. The van der Waals surface area contributed by atoms with E-state index in [4.69, 9.17) is 15.2 Å². The lowest BCUT2D eigenvalue weighted by molar-refractivity contribution is -0.139. The number of thioether (sulfide) groups is 1. The van der Waals surface area contributed by atoms with Crippen molar-refractivity contribution in [3.8, 4) is 16.9 Å². The Hall–Kier alpha value is -2.78. The number of ether oxygens (including phenoxy) is 2. The fourth-order valence-corrected chi connectivity index (χ4v) is 7.42. The Kier molecular flexibility index (Phi) is 5.81. The van der Waals surface area contributed by atoms with Gasteiger partial charge in [-0.2, -0.15) is 11.8 Å². The van der Waals surface area contributed by atoms with Crippen LogP contribution in [-0.2, 0) is 9.53 Å². The first-order chi connectivity index (χ1) is 18.1. The lowest BCUT2D eigenvalue weighted by Crippen LogP contribution is -2.45. The van der Waals surface area contributed by atoms with E-state index in [-0.39, 0.29) is 17.6 Å². The number of aromatic nitrogens is 3. The van der Waals surface area contributed by atoms with E-state index in [0.717, 1.165) is 91.0 Å². The van der Waals surface area contributed by atoms with Crippen LogP contribution in [0.25, 0.3) is 22.2 Å². The minimum absolute atomic E-state index is 0.0947. The maximum atomic E-state index is 13.0. The summed E-state index contributed by atoms with van der Waals surface area (Å²) in [4.78, 5) is 23.9. The van der Waals surface area contributed by atoms with Crippen molar-refractivity contribution in [2.75, 3.05) is 36.9 Å². The number of carbonyl (C=O) groups is 1. The Morgan fingerprint density at radius 1 is 1.19 bits per heavy atom. The molecule has 4 fully saturated rings. The molecule has 5 heterocycles. The Bertz CT molecular complexity index is 1320. The average molecular weight is 520 g/mol. The highest BCUT2D eigenvalue weighted by Crippen LogP contribution is 2.45.